The standard InChI is InChI=1S/C27H25N3O/c28-27(29)30(25-15-14-22-13-12-21-9-5-11-24(25)26(21)22)17-20-8-4-10-23(16-20)31-18-19-6-2-1-3-7-19/h1-11,14-16H,12-13,17-18H2,(H3,28,29). The van der Waals surface area contributed by atoms with Crippen molar-refractivity contribution in [3.8, 4) is 5.75 Å². The van der Waals surface area contributed by atoms with Crippen LogP contribution in [-0.4, -0.2) is 5.96 Å². The molecule has 0 amide bonds. The van der Waals surface area contributed by atoms with E-state index in [1.807, 2.05) is 47.4 Å². The second-order valence-corrected chi connectivity index (χ2v) is 7.98. The summed E-state index contributed by atoms with van der Waals surface area (Å²) in [5, 5.41) is 10.7. The number of nitrogens with two attached hydrogens (primary N) is 1. The summed E-state index contributed by atoms with van der Waals surface area (Å²) in [6.07, 6.45) is 2.16. The molecule has 4 aromatic carbocycles. The van der Waals surface area contributed by atoms with Gasteiger partial charge in [0.25, 0.3) is 0 Å². The van der Waals surface area contributed by atoms with E-state index in [0.29, 0.717) is 13.2 Å². The van der Waals surface area contributed by atoms with E-state index in [1.165, 1.54) is 21.9 Å². The van der Waals surface area contributed by atoms with Gasteiger partial charge in [0.15, 0.2) is 5.96 Å². The molecule has 0 fully saturated rings. The van der Waals surface area contributed by atoms with Gasteiger partial charge in [-0.2, -0.15) is 0 Å². The molecule has 0 spiro atoms. The van der Waals surface area contributed by atoms with E-state index < -0.39 is 0 Å². The lowest BCUT2D eigenvalue weighted by atomic mass is 10.0. The first kappa shape index (κ1) is 19.2. The molecule has 4 heteroatoms. The van der Waals surface area contributed by atoms with E-state index in [4.69, 9.17) is 15.9 Å². The van der Waals surface area contributed by atoms with E-state index in [0.717, 1.165) is 35.4 Å². The predicted octanol–water partition coefficient (Wildman–Crippen LogP) is 5.42. The molecule has 0 heterocycles. The van der Waals surface area contributed by atoms with Gasteiger partial charge >= 0.3 is 0 Å². The van der Waals surface area contributed by atoms with Gasteiger partial charge in [0.2, 0.25) is 0 Å². The summed E-state index contributed by atoms with van der Waals surface area (Å²) < 4.78 is 5.99. The lowest BCUT2D eigenvalue weighted by molar-refractivity contribution is 0.306. The van der Waals surface area contributed by atoms with Crippen LogP contribution >= 0.6 is 0 Å². The van der Waals surface area contributed by atoms with Gasteiger partial charge in [0, 0.05) is 5.39 Å². The first-order chi connectivity index (χ1) is 15.2. The predicted molar refractivity (Wildman–Crippen MR) is 127 cm³/mol. The minimum absolute atomic E-state index is 0.0364. The van der Waals surface area contributed by atoms with E-state index in [-0.39, 0.29) is 5.96 Å². The average Bonchev–Trinajstić information content (AvgIpc) is 3.22. The van der Waals surface area contributed by atoms with Crippen molar-refractivity contribution in [2.45, 2.75) is 26.0 Å². The third-order valence-electron chi connectivity index (χ3n) is 5.92. The molecule has 31 heavy (non-hydrogen) atoms. The number of nitrogens with one attached hydrogen (secondary N) is 1. The van der Waals surface area contributed by atoms with Gasteiger partial charge in [0.05, 0.1) is 12.2 Å². The molecule has 0 radical (unpaired) electrons. The molecule has 1 aliphatic carbocycles. The zero-order chi connectivity index (χ0) is 21.2. The van der Waals surface area contributed by atoms with Crippen LogP contribution in [0.1, 0.15) is 22.3 Å². The Morgan fingerprint density at radius 3 is 2.39 bits per heavy atom. The topological polar surface area (TPSA) is 62.3 Å². The molecule has 1 aliphatic rings. The Bertz CT molecular complexity index is 1240. The van der Waals surface area contributed by atoms with Crippen LogP contribution in [0, 0.1) is 5.41 Å². The van der Waals surface area contributed by atoms with E-state index >= 15 is 0 Å². The Labute approximate surface area is 182 Å². The van der Waals surface area contributed by atoms with Crippen LogP contribution < -0.4 is 15.4 Å². The normalized spacial score (nSPS) is 12.1. The zero-order valence-corrected chi connectivity index (χ0v) is 17.3. The lowest BCUT2D eigenvalue weighted by Crippen LogP contribution is -2.36. The van der Waals surface area contributed by atoms with E-state index in [2.05, 4.69) is 42.5 Å². The number of ether oxygens (including phenoxy) is 1. The van der Waals surface area contributed by atoms with Crippen molar-refractivity contribution >= 4 is 22.4 Å². The van der Waals surface area contributed by atoms with Crippen LogP contribution in [0.4, 0.5) is 5.69 Å². The second-order valence-electron chi connectivity index (χ2n) is 7.98. The maximum Gasteiger partial charge on any atom is 0.193 e. The second kappa shape index (κ2) is 8.15. The minimum atomic E-state index is 0.0364. The fraction of sp³-hybridized carbons (Fsp3) is 0.148. The zero-order valence-electron chi connectivity index (χ0n) is 17.3. The van der Waals surface area contributed by atoms with Crippen molar-refractivity contribution in [3.05, 3.63) is 107 Å². The number of hydrogen-bond acceptors (Lipinski definition) is 2. The summed E-state index contributed by atoms with van der Waals surface area (Å²) in [7, 11) is 0. The maximum absolute atomic E-state index is 8.26. The molecule has 0 bridgehead atoms. The van der Waals surface area contributed by atoms with Crippen LogP contribution in [0.3, 0.4) is 0 Å². The average molecular weight is 408 g/mol. The quantitative estimate of drug-likeness (QED) is 0.331. The van der Waals surface area contributed by atoms with Gasteiger partial charge in [0.1, 0.15) is 12.4 Å². The maximum atomic E-state index is 8.26. The molecule has 0 atom stereocenters. The smallest absolute Gasteiger partial charge is 0.193 e. The minimum Gasteiger partial charge on any atom is -0.489 e. The highest BCUT2D eigenvalue weighted by atomic mass is 16.5. The Morgan fingerprint density at radius 2 is 1.58 bits per heavy atom. The van der Waals surface area contributed by atoms with E-state index in [9.17, 15) is 0 Å². The van der Waals surface area contributed by atoms with Gasteiger partial charge in [-0.3, -0.25) is 5.41 Å². The van der Waals surface area contributed by atoms with Gasteiger partial charge in [-0.25, -0.2) is 0 Å². The molecule has 0 aliphatic heterocycles. The first-order valence-electron chi connectivity index (χ1n) is 10.6. The Balaban J connectivity index is 1.42. The van der Waals surface area contributed by atoms with Crippen LogP contribution in [0.2, 0.25) is 0 Å². The number of guanidine groups is 1. The highest BCUT2D eigenvalue weighted by Gasteiger charge is 2.20. The third kappa shape index (κ3) is 3.84. The molecule has 5 rings (SSSR count). The SMILES string of the molecule is N=C(N)N(Cc1cccc(OCc2ccccc2)c1)c1ccc2c3c(cccc13)CC2. The van der Waals surface area contributed by atoms with Crippen LogP contribution in [0.5, 0.6) is 5.75 Å². The van der Waals surface area contributed by atoms with Crippen molar-refractivity contribution < 1.29 is 4.74 Å². The van der Waals surface area contributed by atoms with Gasteiger partial charge in [-0.15, -0.1) is 0 Å². The van der Waals surface area contributed by atoms with Crippen LogP contribution in [-0.2, 0) is 26.0 Å². The number of nitrogens with zero attached hydrogens (tertiary/aromatic N) is 1. The Morgan fingerprint density at radius 1 is 0.839 bits per heavy atom. The largest absolute Gasteiger partial charge is 0.489 e. The fourth-order valence-corrected chi connectivity index (χ4v) is 4.42. The number of hydrogen-bond donors (Lipinski definition) is 2. The molecule has 0 saturated carbocycles. The monoisotopic (exact) mass is 407 g/mol. The first-order valence-corrected chi connectivity index (χ1v) is 10.6. The fourth-order valence-electron chi connectivity index (χ4n) is 4.42. The number of aryl methyl sites for hydroxylation is 2. The summed E-state index contributed by atoms with van der Waals surface area (Å²) in [6.45, 7) is 1.03. The number of rotatable bonds is 6. The summed E-state index contributed by atoms with van der Waals surface area (Å²) in [4.78, 5) is 1.87. The van der Waals surface area contributed by atoms with Crippen molar-refractivity contribution in [1.82, 2.24) is 0 Å². The Hall–Kier alpha value is -3.79. The molecule has 0 saturated heterocycles. The summed E-state index contributed by atoms with van der Waals surface area (Å²) in [5.41, 5.74) is 12.0. The molecule has 0 aromatic heterocycles. The number of benzene rings is 4. The molecular formula is C27H25N3O. The molecule has 154 valence electrons. The molecule has 4 aromatic rings. The summed E-state index contributed by atoms with van der Waals surface area (Å²) in [5.74, 6) is 0.847. The van der Waals surface area contributed by atoms with Crippen LogP contribution in [0.15, 0.2) is 84.9 Å². The van der Waals surface area contributed by atoms with Gasteiger partial charge in [-0.05, 0) is 58.7 Å². The molecule has 4 nitrogen and oxygen atoms in total. The van der Waals surface area contributed by atoms with E-state index in [1.54, 1.807) is 0 Å². The highest BCUT2D eigenvalue weighted by molar-refractivity contribution is 6.06. The van der Waals surface area contributed by atoms with Crippen molar-refractivity contribution in [2.24, 2.45) is 5.73 Å². The van der Waals surface area contributed by atoms with Gasteiger partial charge in [-0.1, -0.05) is 66.7 Å². The molecule has 0 unspecified atom stereocenters. The molecular weight excluding hydrogens is 382 g/mol. The summed E-state index contributed by atoms with van der Waals surface area (Å²) in [6, 6.07) is 28.9. The van der Waals surface area contributed by atoms with Crippen molar-refractivity contribution in [2.75, 3.05) is 4.90 Å². The number of anilines is 1. The lowest BCUT2D eigenvalue weighted by Gasteiger charge is -2.25. The van der Waals surface area contributed by atoms with Crippen molar-refractivity contribution in [1.29, 1.82) is 5.41 Å². The molecule has 3 N–H and O–H groups in total. The highest BCUT2D eigenvalue weighted by Crippen LogP contribution is 2.37. The van der Waals surface area contributed by atoms with Crippen LogP contribution in [0.25, 0.3) is 10.8 Å². The Kier molecular flexibility index (Phi) is 5.04. The van der Waals surface area contributed by atoms with Gasteiger partial charge < -0.3 is 15.4 Å². The third-order valence-corrected chi connectivity index (χ3v) is 5.92. The summed E-state index contributed by atoms with van der Waals surface area (Å²) >= 11 is 0. The van der Waals surface area contributed by atoms with Crippen molar-refractivity contribution in [3.63, 3.8) is 0 Å².